The standard InChI is InChI=1S/C15H13Cl2FO2/c1-19-10-4-6-14(20-2)11(8-10)15(17)9-3-5-13(18)12(16)7-9/h3-8,15H,1-2H3. The number of methoxy groups -OCH3 is 2. The van der Waals surface area contributed by atoms with Gasteiger partial charge in [0, 0.05) is 5.56 Å². The number of hydrogen-bond acceptors (Lipinski definition) is 2. The van der Waals surface area contributed by atoms with Gasteiger partial charge in [-0.2, -0.15) is 0 Å². The highest BCUT2D eigenvalue weighted by Gasteiger charge is 2.18. The van der Waals surface area contributed by atoms with Crippen molar-refractivity contribution in [2.24, 2.45) is 0 Å². The molecule has 0 aromatic heterocycles. The molecule has 0 N–H and O–H groups in total. The fraction of sp³-hybridized carbons (Fsp3) is 0.200. The van der Waals surface area contributed by atoms with Crippen molar-refractivity contribution in [3.8, 4) is 11.5 Å². The zero-order valence-electron chi connectivity index (χ0n) is 11.0. The summed E-state index contributed by atoms with van der Waals surface area (Å²) in [4.78, 5) is 0. The summed E-state index contributed by atoms with van der Waals surface area (Å²) in [5.41, 5.74) is 1.42. The highest BCUT2D eigenvalue weighted by atomic mass is 35.5. The van der Waals surface area contributed by atoms with E-state index in [0.29, 0.717) is 17.1 Å². The van der Waals surface area contributed by atoms with E-state index in [4.69, 9.17) is 32.7 Å². The van der Waals surface area contributed by atoms with E-state index in [1.54, 1.807) is 38.5 Å². The van der Waals surface area contributed by atoms with Gasteiger partial charge in [0.25, 0.3) is 0 Å². The van der Waals surface area contributed by atoms with Crippen LogP contribution in [-0.2, 0) is 0 Å². The molecular weight excluding hydrogens is 302 g/mol. The summed E-state index contributed by atoms with van der Waals surface area (Å²) >= 11 is 12.2. The molecule has 0 aliphatic carbocycles. The van der Waals surface area contributed by atoms with Crippen LogP contribution in [-0.4, -0.2) is 14.2 Å². The van der Waals surface area contributed by atoms with Gasteiger partial charge in [0.05, 0.1) is 24.6 Å². The van der Waals surface area contributed by atoms with Crippen LogP contribution in [0.2, 0.25) is 5.02 Å². The van der Waals surface area contributed by atoms with E-state index in [0.717, 1.165) is 5.56 Å². The molecule has 0 fully saturated rings. The summed E-state index contributed by atoms with van der Waals surface area (Å²) in [5.74, 6) is 0.822. The fourth-order valence-corrected chi connectivity index (χ4v) is 2.38. The number of hydrogen-bond donors (Lipinski definition) is 0. The SMILES string of the molecule is COc1ccc(OC)c(C(Cl)c2ccc(F)c(Cl)c2)c1. The number of benzene rings is 2. The minimum Gasteiger partial charge on any atom is -0.497 e. The quantitative estimate of drug-likeness (QED) is 0.753. The molecule has 0 spiro atoms. The number of rotatable bonds is 4. The highest BCUT2D eigenvalue weighted by molar-refractivity contribution is 6.31. The van der Waals surface area contributed by atoms with E-state index in [1.807, 2.05) is 0 Å². The summed E-state index contributed by atoms with van der Waals surface area (Å²) < 4.78 is 23.7. The molecule has 0 saturated carbocycles. The Labute approximate surface area is 127 Å². The molecule has 5 heteroatoms. The van der Waals surface area contributed by atoms with Crippen molar-refractivity contribution in [3.05, 3.63) is 58.4 Å². The summed E-state index contributed by atoms with van der Waals surface area (Å²) in [7, 11) is 3.14. The summed E-state index contributed by atoms with van der Waals surface area (Å²) in [6.07, 6.45) is 0. The van der Waals surface area contributed by atoms with Crippen LogP contribution < -0.4 is 9.47 Å². The molecule has 2 aromatic carbocycles. The van der Waals surface area contributed by atoms with Crippen LogP contribution in [0.15, 0.2) is 36.4 Å². The van der Waals surface area contributed by atoms with Crippen LogP contribution >= 0.6 is 23.2 Å². The second-order valence-electron chi connectivity index (χ2n) is 4.14. The average molecular weight is 315 g/mol. The maximum absolute atomic E-state index is 13.2. The van der Waals surface area contributed by atoms with Gasteiger partial charge in [0.2, 0.25) is 0 Å². The lowest BCUT2D eigenvalue weighted by molar-refractivity contribution is 0.399. The third-order valence-corrected chi connectivity index (χ3v) is 3.72. The lowest BCUT2D eigenvalue weighted by Gasteiger charge is -2.16. The van der Waals surface area contributed by atoms with Crippen LogP contribution in [0.5, 0.6) is 11.5 Å². The first-order chi connectivity index (χ1) is 9.56. The molecule has 2 aromatic rings. The highest BCUT2D eigenvalue weighted by Crippen LogP contribution is 2.38. The van der Waals surface area contributed by atoms with Crippen molar-refractivity contribution in [1.29, 1.82) is 0 Å². The van der Waals surface area contributed by atoms with Gasteiger partial charge in [-0.15, -0.1) is 11.6 Å². The van der Waals surface area contributed by atoms with Crippen LogP contribution in [0, 0.1) is 5.82 Å². The molecule has 106 valence electrons. The van der Waals surface area contributed by atoms with Crippen molar-refractivity contribution < 1.29 is 13.9 Å². The normalized spacial score (nSPS) is 12.1. The van der Waals surface area contributed by atoms with Crippen molar-refractivity contribution in [3.63, 3.8) is 0 Å². The second kappa shape index (κ2) is 6.33. The van der Waals surface area contributed by atoms with E-state index in [-0.39, 0.29) is 5.02 Å². The van der Waals surface area contributed by atoms with E-state index < -0.39 is 11.2 Å². The molecule has 20 heavy (non-hydrogen) atoms. The van der Waals surface area contributed by atoms with Gasteiger partial charge in [-0.1, -0.05) is 17.7 Å². The van der Waals surface area contributed by atoms with E-state index >= 15 is 0 Å². The fourth-order valence-electron chi connectivity index (χ4n) is 1.89. The van der Waals surface area contributed by atoms with Crippen molar-refractivity contribution >= 4 is 23.2 Å². The summed E-state index contributed by atoms with van der Waals surface area (Å²) in [6.45, 7) is 0. The Kier molecular flexibility index (Phi) is 4.73. The summed E-state index contributed by atoms with van der Waals surface area (Å²) in [6, 6.07) is 9.73. The Morgan fingerprint density at radius 1 is 1.05 bits per heavy atom. The van der Waals surface area contributed by atoms with E-state index in [2.05, 4.69) is 0 Å². The molecular formula is C15H13Cl2FO2. The number of ether oxygens (including phenoxy) is 2. The second-order valence-corrected chi connectivity index (χ2v) is 4.99. The largest absolute Gasteiger partial charge is 0.497 e. The molecule has 2 rings (SSSR count). The van der Waals surface area contributed by atoms with Gasteiger partial charge in [-0.3, -0.25) is 0 Å². The first-order valence-electron chi connectivity index (χ1n) is 5.87. The average Bonchev–Trinajstić information content (AvgIpc) is 2.48. The van der Waals surface area contributed by atoms with Crippen LogP contribution in [0.4, 0.5) is 4.39 Å². The zero-order valence-corrected chi connectivity index (χ0v) is 12.5. The molecule has 0 bridgehead atoms. The molecule has 1 atom stereocenters. The van der Waals surface area contributed by atoms with E-state index in [9.17, 15) is 4.39 Å². The minimum atomic E-state index is -0.516. The zero-order chi connectivity index (χ0) is 14.7. The smallest absolute Gasteiger partial charge is 0.141 e. The molecule has 2 nitrogen and oxygen atoms in total. The minimum absolute atomic E-state index is 0.0370. The van der Waals surface area contributed by atoms with Crippen molar-refractivity contribution in [2.45, 2.75) is 5.38 Å². The lowest BCUT2D eigenvalue weighted by atomic mass is 10.0. The first-order valence-corrected chi connectivity index (χ1v) is 6.69. The van der Waals surface area contributed by atoms with Gasteiger partial charge in [-0.25, -0.2) is 4.39 Å². The Morgan fingerprint density at radius 2 is 1.80 bits per heavy atom. The Morgan fingerprint density at radius 3 is 2.40 bits per heavy atom. The Balaban J connectivity index is 2.45. The van der Waals surface area contributed by atoms with Crippen LogP contribution in [0.1, 0.15) is 16.5 Å². The third kappa shape index (κ3) is 3.00. The summed E-state index contributed by atoms with van der Waals surface area (Å²) in [5, 5.41) is -0.479. The molecule has 0 radical (unpaired) electrons. The predicted molar refractivity (Wildman–Crippen MR) is 78.7 cm³/mol. The molecule has 0 saturated heterocycles. The topological polar surface area (TPSA) is 18.5 Å². The van der Waals surface area contributed by atoms with Crippen LogP contribution in [0.3, 0.4) is 0 Å². The van der Waals surface area contributed by atoms with Gasteiger partial charge in [0.15, 0.2) is 0 Å². The van der Waals surface area contributed by atoms with Gasteiger partial charge >= 0.3 is 0 Å². The molecule has 0 aliphatic heterocycles. The Hall–Kier alpha value is -1.45. The van der Waals surface area contributed by atoms with Gasteiger partial charge in [-0.05, 0) is 35.9 Å². The Bertz CT molecular complexity index is 617. The molecule has 0 aliphatic rings. The van der Waals surface area contributed by atoms with Crippen molar-refractivity contribution in [1.82, 2.24) is 0 Å². The van der Waals surface area contributed by atoms with Gasteiger partial charge in [0.1, 0.15) is 17.3 Å². The molecule has 0 amide bonds. The maximum atomic E-state index is 13.2. The molecule has 0 heterocycles. The first kappa shape index (κ1) is 14.9. The van der Waals surface area contributed by atoms with E-state index in [1.165, 1.54) is 12.1 Å². The molecule has 1 unspecified atom stereocenters. The lowest BCUT2D eigenvalue weighted by Crippen LogP contribution is -1.99. The third-order valence-electron chi connectivity index (χ3n) is 2.95. The monoisotopic (exact) mass is 314 g/mol. The number of alkyl halides is 1. The predicted octanol–water partition coefficient (Wildman–Crippen LogP) is 4.82. The number of halogens is 3. The van der Waals surface area contributed by atoms with Crippen molar-refractivity contribution in [2.75, 3.05) is 14.2 Å². The maximum Gasteiger partial charge on any atom is 0.141 e. The van der Waals surface area contributed by atoms with Crippen LogP contribution in [0.25, 0.3) is 0 Å². The van der Waals surface area contributed by atoms with Gasteiger partial charge < -0.3 is 9.47 Å².